The number of guanidine groups is 1. The first-order valence-electron chi connectivity index (χ1n) is 44.1. The number of aromatic nitrogens is 1. The molecule has 1 aromatic heterocycles. The second kappa shape index (κ2) is 55.1. The van der Waals surface area contributed by atoms with Crippen molar-refractivity contribution in [1.82, 2.24) is 68.4 Å². The lowest BCUT2D eigenvalue weighted by molar-refractivity contribution is -0.143. The number of allylic oxidation sites excluding steroid dienone is 1. The molecule has 0 aliphatic carbocycles. The van der Waals surface area contributed by atoms with Gasteiger partial charge in [0.25, 0.3) is 0 Å². The van der Waals surface area contributed by atoms with Gasteiger partial charge in [0.2, 0.25) is 82.7 Å². The number of nitrogens with two attached hydrogens (primary N) is 5. The van der Waals surface area contributed by atoms with E-state index in [1.807, 2.05) is 18.2 Å². The van der Waals surface area contributed by atoms with Gasteiger partial charge < -0.3 is 107 Å². The van der Waals surface area contributed by atoms with E-state index in [4.69, 9.17) is 28.7 Å². The molecule has 0 saturated carbocycles. The summed E-state index contributed by atoms with van der Waals surface area (Å²) >= 11 is 0. The molecule has 24 N–H and O–H groups in total. The molecule has 0 bridgehead atoms. The molecule has 37 nitrogen and oxygen atoms in total. The van der Waals surface area contributed by atoms with E-state index in [0.29, 0.717) is 48.9 Å². The lowest BCUT2D eigenvalue weighted by Crippen LogP contribution is -2.61. The Morgan fingerprint density at radius 2 is 1.19 bits per heavy atom. The Morgan fingerprint density at radius 3 is 1.82 bits per heavy atom. The van der Waals surface area contributed by atoms with Crippen LogP contribution in [0.25, 0.3) is 10.9 Å². The van der Waals surface area contributed by atoms with Crippen molar-refractivity contribution in [3.8, 4) is 0 Å². The number of H-pyrrole nitrogens is 1. The van der Waals surface area contributed by atoms with Gasteiger partial charge in [0.15, 0.2) is 5.96 Å². The Labute approximate surface area is 725 Å². The number of primary amides is 2. The van der Waals surface area contributed by atoms with Gasteiger partial charge in [-0.25, -0.2) is 0 Å². The number of ketones is 1. The number of aromatic amines is 1. The molecule has 37 heteroatoms. The van der Waals surface area contributed by atoms with Gasteiger partial charge in [-0.2, -0.15) is 0 Å². The third-order valence-electron chi connectivity index (χ3n) is 22.2. The molecule has 0 unspecified atom stereocenters. The first kappa shape index (κ1) is 102. The number of carbonyl (C=O) groups excluding carboxylic acids is 15. The molecule has 6 rings (SSSR count). The van der Waals surface area contributed by atoms with Gasteiger partial charge in [0.05, 0.1) is 18.8 Å². The van der Waals surface area contributed by atoms with Crippen LogP contribution in [-0.4, -0.2) is 226 Å². The van der Waals surface area contributed by atoms with Crippen LogP contribution in [0.15, 0.2) is 82.6 Å². The summed E-state index contributed by atoms with van der Waals surface area (Å²) in [6.45, 7) is 3.97. The lowest BCUT2D eigenvalue weighted by atomic mass is 10.00. The topological polar surface area (TPSA) is 603 Å². The maximum atomic E-state index is 15.4. The Kier molecular flexibility index (Phi) is 45.2. The van der Waals surface area contributed by atoms with Crippen molar-refractivity contribution in [3.63, 3.8) is 0 Å². The molecule has 0 radical (unpaired) electrons. The van der Waals surface area contributed by atoms with Crippen LogP contribution in [0.2, 0.25) is 0 Å². The zero-order valence-corrected chi connectivity index (χ0v) is 72.1. The highest BCUT2D eigenvalue weighted by molar-refractivity contribution is 6.01. The molecule has 4 heterocycles. The number of aliphatic hydroxyl groups excluding tert-OH is 2. The minimum absolute atomic E-state index is 0.00230. The molecular weight excluding hydrogens is 1600 g/mol. The summed E-state index contributed by atoms with van der Waals surface area (Å²) in [5, 5.41) is 51.9. The average molecular weight is 1730 g/mol. The quantitative estimate of drug-likeness (QED) is 0.0214. The number of Topliss-reactive ketones (excluding diaryl/α,β-unsaturated/α-hetero) is 1. The molecule has 13 atom stereocenters. The second-order valence-corrected chi connectivity index (χ2v) is 32.5. The van der Waals surface area contributed by atoms with Crippen molar-refractivity contribution < 1.29 is 82.1 Å². The second-order valence-electron chi connectivity index (χ2n) is 32.5. The van der Waals surface area contributed by atoms with Gasteiger partial charge in [-0.15, -0.1) is 0 Å². The average Bonchev–Trinajstić information content (AvgIpc) is 1.69. The van der Waals surface area contributed by atoms with E-state index in [9.17, 15) is 63.0 Å². The van der Waals surface area contributed by atoms with Crippen LogP contribution >= 0.6 is 0 Å². The third kappa shape index (κ3) is 36.3. The van der Waals surface area contributed by atoms with Crippen LogP contribution in [0, 0.1) is 0 Å². The van der Waals surface area contributed by atoms with Crippen molar-refractivity contribution in [1.29, 1.82) is 0 Å². The molecule has 3 aliphatic heterocycles. The van der Waals surface area contributed by atoms with Crippen LogP contribution < -0.4 is 87.2 Å². The first-order chi connectivity index (χ1) is 59.5. The summed E-state index contributed by atoms with van der Waals surface area (Å²) in [5.41, 5.74) is 31.0. The van der Waals surface area contributed by atoms with Crippen LogP contribution in [0.3, 0.4) is 0 Å². The molecule has 684 valence electrons. The molecule has 2 fully saturated rings. The van der Waals surface area contributed by atoms with Crippen molar-refractivity contribution in [2.24, 2.45) is 38.7 Å². The number of aliphatic hydroxyl groups is 2. The van der Waals surface area contributed by atoms with Crippen LogP contribution in [0.5, 0.6) is 0 Å². The van der Waals surface area contributed by atoms with Crippen molar-refractivity contribution >= 4 is 112 Å². The van der Waals surface area contributed by atoms with E-state index in [1.165, 1.54) is 58.3 Å². The number of para-hydroxylation sites is 1. The summed E-state index contributed by atoms with van der Waals surface area (Å²) in [6.07, 6.45) is 15.7. The number of carbonyl (C=O) groups is 15. The Hall–Kier alpha value is -11.2. The minimum Gasteiger partial charge on any atom is -0.391 e. The smallest absolute Gasteiger partial charge is 0.245 e. The fourth-order valence-electron chi connectivity index (χ4n) is 15.2. The Balaban J connectivity index is 1.21. The molecule has 124 heavy (non-hydrogen) atoms. The predicted octanol–water partition coefficient (Wildman–Crippen LogP) is 1.15. The highest BCUT2D eigenvalue weighted by Gasteiger charge is 2.44. The maximum Gasteiger partial charge on any atom is 0.245 e. The van der Waals surface area contributed by atoms with Crippen LogP contribution in [0.4, 0.5) is 0 Å². The fraction of sp³-hybridized carbons (Fsp3) is 0.621. The standard InChI is InChI=1S/C87H134N20O17/c1-4-6-8-9-10-11-12-13-14-15-16-17-24-38-73(112)96-52-74(113)106-75(54(3)108)85(123)101-65(41-42-72(89)111)79(117)104-70(49-57-31-27-45-93-57)83(121)100-66(43-44-88)80(118)98-63(34-7-5-2)77(115)102-67-40-39-58(109)32-22-19-23-36-62(76(90)114)97-82(120)69(48-56-51-95-61-35-26-25-33-60(56)61)103-78(116)64(37-28-46-94-87(91)92)99-81(119)68(47-55-29-20-18-21-30-55)105-84(122)71-50-59(110)53-107(71)86(67)124/h18,20-21,25-26,29-31,33,35,45,51,54,59,62-71,75,95,108,110H,4-17,19,22-24,27-28,32,34,36-44,46-50,52-53,88H2,1-3H3,(H2,89,111)(H2,90,114)(H,96,112)(H,97,120)(H,98,118)(H,99,119)(H,100,121)(H,101,123)(H,102,115)(H,103,116)(H,104,117)(H,105,122)(H,106,113)(H4,91,92,94)/t54-,59-,62+,63+,64+,65+,66+,67+,68-,69+,70+,71+,75+/m1/s1. The minimum atomic E-state index is -1.70. The van der Waals surface area contributed by atoms with Crippen molar-refractivity contribution in [2.75, 3.05) is 26.2 Å². The van der Waals surface area contributed by atoms with Gasteiger partial charge in [-0.05, 0) is 88.4 Å². The highest BCUT2D eigenvalue weighted by atomic mass is 16.3. The van der Waals surface area contributed by atoms with E-state index >= 15 is 19.2 Å². The number of benzene rings is 2. The molecule has 3 aliphatic rings. The van der Waals surface area contributed by atoms with Crippen molar-refractivity contribution in [3.05, 3.63) is 83.7 Å². The van der Waals surface area contributed by atoms with Gasteiger partial charge in [-0.3, -0.25) is 81.9 Å². The number of amides is 14. The zero-order valence-electron chi connectivity index (χ0n) is 72.1. The third-order valence-corrected chi connectivity index (χ3v) is 22.2. The number of hydrogen-bond acceptors (Lipinski definition) is 20. The van der Waals surface area contributed by atoms with Gasteiger partial charge >= 0.3 is 0 Å². The van der Waals surface area contributed by atoms with E-state index in [2.05, 4.69) is 80.4 Å². The summed E-state index contributed by atoms with van der Waals surface area (Å²) < 4.78 is 0. The number of nitrogens with zero attached hydrogens (tertiary/aromatic N) is 3. The Bertz CT molecular complexity index is 4110. The number of nitrogens with one attached hydrogen (secondary N) is 12. The summed E-state index contributed by atoms with van der Waals surface area (Å²) in [5.74, 6) is -13.0. The number of aliphatic imine (C=N–C) groups is 2. The number of rotatable bonds is 47. The Morgan fingerprint density at radius 1 is 0.597 bits per heavy atom. The van der Waals surface area contributed by atoms with E-state index < -0.39 is 181 Å². The molecule has 2 aromatic carbocycles. The van der Waals surface area contributed by atoms with Gasteiger partial charge in [0.1, 0.15) is 72.2 Å². The predicted molar refractivity (Wildman–Crippen MR) is 466 cm³/mol. The molecular formula is C87H134N20O17. The number of hydrogen-bond donors (Lipinski definition) is 19. The van der Waals surface area contributed by atoms with E-state index in [1.54, 1.807) is 61.8 Å². The first-order valence-corrected chi connectivity index (χ1v) is 44.1. The lowest BCUT2D eigenvalue weighted by Gasteiger charge is -2.31. The fourth-order valence-corrected chi connectivity index (χ4v) is 15.2. The molecule has 3 aromatic rings. The van der Waals surface area contributed by atoms with Crippen LogP contribution in [-0.2, 0) is 84.8 Å². The van der Waals surface area contributed by atoms with E-state index in [-0.39, 0.29) is 127 Å². The number of unbranched alkanes of at least 4 members (excludes halogenated alkanes) is 13. The van der Waals surface area contributed by atoms with Crippen molar-refractivity contribution in [2.45, 2.75) is 318 Å². The SMILES string of the molecule is CCCCCCCCCCCCCCCC(=O)NCC(=O)N[C@H](C(=O)N[C@@H](CCC(N)=O)C(=O)N[C@@H](CC1=CCC=N1)C(=O)N[C@@H](CCN)C(=O)N[C@@H](CCCC)C(=O)N[C@H]1CCC(=O)CCCCC[C@@H](C(N)=O)NC(=O)[C@H](Cc2c[nH]c3ccccc23)NC(=O)[C@H](CCCN=C(N)N)NC(=O)[C@@H](Cc2ccccc2)NC(=O)[C@@H]2C[C@@H](O)CN2C1=O)[C@@H](C)O. The normalized spacial score (nSPS) is 20.3. The number of fused-ring (bicyclic) bond motifs is 2. The monoisotopic (exact) mass is 1730 g/mol. The molecule has 0 spiro atoms. The van der Waals surface area contributed by atoms with Gasteiger partial charge in [0, 0.05) is 99.9 Å². The van der Waals surface area contributed by atoms with Gasteiger partial charge in [-0.1, -0.05) is 171 Å². The highest BCUT2D eigenvalue weighted by Crippen LogP contribution is 2.25. The maximum absolute atomic E-state index is 15.4. The largest absolute Gasteiger partial charge is 0.391 e. The van der Waals surface area contributed by atoms with E-state index in [0.717, 1.165) is 41.5 Å². The molecule has 14 amide bonds. The summed E-state index contributed by atoms with van der Waals surface area (Å²) in [6, 6.07) is -0.976. The van der Waals surface area contributed by atoms with Crippen LogP contribution in [0.1, 0.15) is 237 Å². The summed E-state index contributed by atoms with van der Waals surface area (Å²) in [7, 11) is 0. The zero-order chi connectivity index (χ0) is 90.5. The summed E-state index contributed by atoms with van der Waals surface area (Å²) in [4.78, 5) is 226. The molecule has 2 saturated heterocycles.